The van der Waals surface area contributed by atoms with Crippen LogP contribution in [-0.2, 0) is 6.61 Å². The maximum absolute atomic E-state index is 12.4. The predicted molar refractivity (Wildman–Crippen MR) is 105 cm³/mol. The highest BCUT2D eigenvalue weighted by atomic mass is 79.9. The molecule has 0 spiro atoms. The van der Waals surface area contributed by atoms with Crippen molar-refractivity contribution < 1.29 is 23.6 Å². The van der Waals surface area contributed by atoms with Crippen LogP contribution in [0.2, 0.25) is 0 Å². The van der Waals surface area contributed by atoms with Crippen LogP contribution in [0.25, 0.3) is 0 Å². The summed E-state index contributed by atoms with van der Waals surface area (Å²) < 4.78 is 17.0. The monoisotopic (exact) mass is 446 g/mol. The number of hydrogen-bond donors (Lipinski definition) is 1. The van der Waals surface area contributed by atoms with Crippen LogP contribution in [0.4, 0.5) is 11.4 Å². The first kappa shape index (κ1) is 19.4. The Kier molecular flexibility index (Phi) is 5.95. The molecule has 0 bridgehead atoms. The van der Waals surface area contributed by atoms with Gasteiger partial charge in [0.25, 0.3) is 11.6 Å². The number of nitrogens with one attached hydrogen (secondary N) is 1. The Morgan fingerprint density at radius 2 is 1.86 bits per heavy atom. The number of nitro groups is 1. The number of carbonyl (C=O) groups is 1. The van der Waals surface area contributed by atoms with E-state index in [0.717, 1.165) is 4.47 Å². The smallest absolute Gasteiger partial charge is 0.296 e. The van der Waals surface area contributed by atoms with E-state index in [1.807, 2.05) is 12.1 Å². The number of hydrogen-bond acceptors (Lipinski definition) is 6. The molecule has 0 aliphatic heterocycles. The molecule has 3 rings (SSSR count). The van der Waals surface area contributed by atoms with Gasteiger partial charge >= 0.3 is 0 Å². The van der Waals surface area contributed by atoms with Crippen molar-refractivity contribution in [1.29, 1.82) is 0 Å². The molecule has 28 heavy (non-hydrogen) atoms. The van der Waals surface area contributed by atoms with Gasteiger partial charge in [-0.1, -0.05) is 15.9 Å². The summed E-state index contributed by atoms with van der Waals surface area (Å²) in [5.74, 6) is 0.814. The summed E-state index contributed by atoms with van der Waals surface area (Å²) in [5.41, 5.74) is -0.238. The van der Waals surface area contributed by atoms with Crippen molar-refractivity contribution >= 4 is 33.2 Å². The molecule has 1 amide bonds. The molecule has 1 N–H and O–H groups in total. The topological polar surface area (TPSA) is 104 Å². The molecule has 2 aromatic carbocycles. The van der Waals surface area contributed by atoms with Gasteiger partial charge in [0.1, 0.15) is 29.6 Å². The van der Waals surface area contributed by atoms with Crippen molar-refractivity contribution in [2.45, 2.75) is 6.61 Å². The van der Waals surface area contributed by atoms with Crippen molar-refractivity contribution in [3.05, 3.63) is 80.7 Å². The third-order valence-electron chi connectivity index (χ3n) is 3.73. The lowest BCUT2D eigenvalue weighted by molar-refractivity contribution is -0.384. The van der Waals surface area contributed by atoms with E-state index >= 15 is 0 Å². The molecule has 0 saturated carbocycles. The average Bonchev–Trinajstić information content (AvgIpc) is 3.17. The zero-order valence-electron chi connectivity index (χ0n) is 14.7. The normalized spacial score (nSPS) is 10.4. The largest absolute Gasteiger partial charge is 0.496 e. The molecule has 1 aromatic heterocycles. The van der Waals surface area contributed by atoms with Crippen molar-refractivity contribution in [3.8, 4) is 11.5 Å². The second kappa shape index (κ2) is 8.57. The Labute approximate surface area is 168 Å². The number of furan rings is 1. The van der Waals surface area contributed by atoms with E-state index < -0.39 is 10.8 Å². The number of nitrogens with zero attached hydrogens (tertiary/aromatic N) is 1. The number of amides is 1. The standard InChI is InChI=1S/C19H15BrN2O6/c1-26-14-6-8-16(17(10-14)22(24)25)21-19(23)18-9-7-15(28-18)11-27-13-4-2-12(20)3-5-13/h2-10H,11H2,1H3,(H,21,23). The third kappa shape index (κ3) is 4.68. The van der Waals surface area contributed by atoms with Gasteiger partial charge in [-0.3, -0.25) is 14.9 Å². The van der Waals surface area contributed by atoms with E-state index in [1.54, 1.807) is 18.2 Å². The highest BCUT2D eigenvalue weighted by Crippen LogP contribution is 2.29. The summed E-state index contributed by atoms with van der Waals surface area (Å²) in [6.45, 7) is 0.137. The van der Waals surface area contributed by atoms with Crippen LogP contribution in [0.3, 0.4) is 0 Å². The SMILES string of the molecule is COc1ccc(NC(=O)c2ccc(COc3ccc(Br)cc3)o2)c([N+](=O)[O-])c1. The minimum absolute atomic E-state index is 0.0134. The lowest BCUT2D eigenvalue weighted by atomic mass is 10.2. The number of rotatable bonds is 7. The molecule has 0 fully saturated rings. The van der Waals surface area contributed by atoms with Crippen molar-refractivity contribution in [2.75, 3.05) is 12.4 Å². The molecule has 0 aliphatic rings. The summed E-state index contributed by atoms with van der Waals surface area (Å²) in [4.78, 5) is 23.0. The molecule has 9 heteroatoms. The number of ether oxygens (including phenoxy) is 2. The quantitative estimate of drug-likeness (QED) is 0.413. The molecule has 0 radical (unpaired) electrons. The van der Waals surface area contributed by atoms with Gasteiger partial charge in [0.05, 0.1) is 18.1 Å². The molecule has 0 saturated heterocycles. The maximum atomic E-state index is 12.4. The lowest BCUT2D eigenvalue weighted by Crippen LogP contribution is -2.12. The highest BCUT2D eigenvalue weighted by Gasteiger charge is 2.19. The van der Waals surface area contributed by atoms with E-state index in [-0.39, 0.29) is 23.7 Å². The van der Waals surface area contributed by atoms with Crippen molar-refractivity contribution in [1.82, 2.24) is 0 Å². The number of halogens is 1. The Morgan fingerprint density at radius 1 is 1.14 bits per heavy atom. The van der Waals surface area contributed by atoms with Gasteiger partial charge in [0.2, 0.25) is 0 Å². The number of nitro benzene ring substituents is 1. The zero-order valence-corrected chi connectivity index (χ0v) is 16.3. The average molecular weight is 447 g/mol. The van der Waals surface area contributed by atoms with Crippen LogP contribution in [-0.4, -0.2) is 17.9 Å². The Morgan fingerprint density at radius 3 is 2.54 bits per heavy atom. The summed E-state index contributed by atoms with van der Waals surface area (Å²) in [5, 5.41) is 13.7. The highest BCUT2D eigenvalue weighted by molar-refractivity contribution is 9.10. The Bertz CT molecular complexity index is 1000. The number of anilines is 1. The molecule has 1 heterocycles. The minimum atomic E-state index is -0.608. The van der Waals surface area contributed by atoms with Gasteiger partial charge < -0.3 is 19.2 Å². The van der Waals surface area contributed by atoms with Crippen LogP contribution in [0, 0.1) is 10.1 Å². The third-order valence-corrected chi connectivity index (χ3v) is 4.26. The fourth-order valence-electron chi connectivity index (χ4n) is 2.34. The van der Waals surface area contributed by atoms with Gasteiger partial charge in [-0.2, -0.15) is 0 Å². The lowest BCUT2D eigenvalue weighted by Gasteiger charge is -2.06. The summed E-state index contributed by atoms with van der Waals surface area (Å²) in [6, 6.07) is 14.5. The molecule has 0 aliphatic carbocycles. The van der Waals surface area contributed by atoms with Crippen molar-refractivity contribution in [3.63, 3.8) is 0 Å². The second-order valence-corrected chi connectivity index (χ2v) is 6.52. The van der Waals surface area contributed by atoms with E-state index in [1.165, 1.54) is 31.4 Å². The maximum Gasteiger partial charge on any atom is 0.296 e. The first-order chi connectivity index (χ1) is 13.5. The molecular formula is C19H15BrN2O6. The zero-order chi connectivity index (χ0) is 20.1. The first-order valence-electron chi connectivity index (χ1n) is 8.07. The minimum Gasteiger partial charge on any atom is -0.496 e. The Hall–Kier alpha value is -3.33. The summed E-state index contributed by atoms with van der Waals surface area (Å²) in [7, 11) is 1.40. The van der Waals surface area contributed by atoms with Crippen LogP contribution in [0.1, 0.15) is 16.3 Å². The summed E-state index contributed by atoms with van der Waals surface area (Å²) >= 11 is 3.34. The molecule has 0 atom stereocenters. The van der Waals surface area contributed by atoms with Crippen LogP contribution < -0.4 is 14.8 Å². The Balaban J connectivity index is 1.67. The van der Waals surface area contributed by atoms with E-state index in [4.69, 9.17) is 13.9 Å². The van der Waals surface area contributed by atoms with Gasteiger partial charge in [-0.05, 0) is 48.5 Å². The second-order valence-electron chi connectivity index (χ2n) is 5.60. The van der Waals surface area contributed by atoms with Crippen LogP contribution in [0.15, 0.2) is 63.5 Å². The van der Waals surface area contributed by atoms with E-state index in [0.29, 0.717) is 17.3 Å². The fraction of sp³-hybridized carbons (Fsp3) is 0.105. The molecule has 3 aromatic rings. The van der Waals surface area contributed by atoms with Crippen LogP contribution >= 0.6 is 15.9 Å². The van der Waals surface area contributed by atoms with Crippen LogP contribution in [0.5, 0.6) is 11.5 Å². The number of methoxy groups -OCH3 is 1. The van der Waals surface area contributed by atoms with E-state index in [9.17, 15) is 14.9 Å². The van der Waals surface area contributed by atoms with Gasteiger partial charge in [0, 0.05) is 4.47 Å². The fourth-order valence-corrected chi connectivity index (χ4v) is 2.61. The van der Waals surface area contributed by atoms with Gasteiger partial charge in [0.15, 0.2) is 5.76 Å². The molecule has 144 valence electrons. The van der Waals surface area contributed by atoms with Crippen molar-refractivity contribution in [2.24, 2.45) is 0 Å². The summed E-state index contributed by atoms with van der Waals surface area (Å²) in [6.07, 6.45) is 0. The molecular weight excluding hydrogens is 432 g/mol. The first-order valence-corrected chi connectivity index (χ1v) is 8.86. The predicted octanol–water partition coefficient (Wildman–Crippen LogP) is 4.79. The van der Waals surface area contributed by atoms with Gasteiger partial charge in [-0.25, -0.2) is 0 Å². The number of carbonyl (C=O) groups excluding carboxylic acids is 1. The number of benzene rings is 2. The molecule has 0 unspecified atom stereocenters. The van der Waals surface area contributed by atoms with Gasteiger partial charge in [-0.15, -0.1) is 0 Å². The molecule has 8 nitrogen and oxygen atoms in total. The van der Waals surface area contributed by atoms with E-state index in [2.05, 4.69) is 21.2 Å².